The van der Waals surface area contributed by atoms with Crippen LogP contribution in [0.4, 0.5) is 0 Å². The average Bonchev–Trinajstić information content (AvgIpc) is 1.80. The van der Waals surface area contributed by atoms with Gasteiger partial charge in [-0.1, -0.05) is 0 Å². The van der Waals surface area contributed by atoms with Gasteiger partial charge in [-0.05, 0) is 0 Å². The van der Waals surface area contributed by atoms with Gasteiger partial charge in [-0.15, -0.1) is 0 Å². The summed E-state index contributed by atoms with van der Waals surface area (Å²) in [7, 11) is 0. The number of hydrogen-bond donors (Lipinski definition) is 0. The van der Waals surface area contributed by atoms with Crippen molar-refractivity contribution in [2.75, 3.05) is 0 Å². The molecule has 0 aromatic heterocycles. The molecule has 0 aliphatic rings. The van der Waals surface area contributed by atoms with E-state index in [-0.39, 0.29) is 0 Å². The van der Waals surface area contributed by atoms with E-state index in [4.69, 9.17) is 0 Å². The van der Waals surface area contributed by atoms with Crippen LogP contribution in [0.1, 0.15) is 5.56 Å². The van der Waals surface area contributed by atoms with E-state index in [9.17, 15) is 0 Å². The predicted molar refractivity (Wildman–Crippen MR) is 47.5 cm³/mol. The van der Waals surface area contributed by atoms with Crippen LogP contribution < -0.4 is 8.70 Å². The predicted octanol–water partition coefficient (Wildman–Crippen LogP) is -1.49. The van der Waals surface area contributed by atoms with E-state index in [1.165, 1.54) is 14.3 Å². The molecule has 0 nitrogen and oxygen atoms in total. The summed E-state index contributed by atoms with van der Waals surface area (Å²) in [6.07, 6.45) is 0. The Balaban J connectivity index is 3.17. The van der Waals surface area contributed by atoms with E-state index in [0.717, 1.165) is 0 Å². The molecule has 0 heterocycles. The fourth-order valence-electron chi connectivity index (χ4n) is 0.659. The van der Waals surface area contributed by atoms with Gasteiger partial charge in [0.1, 0.15) is 0 Å². The SMILES string of the molecule is Cc1ccc([AsH2])cc1[AsH2]. The molecule has 0 radical (unpaired) electrons. The van der Waals surface area contributed by atoms with Crippen molar-refractivity contribution in [3.63, 3.8) is 0 Å². The molecule has 0 aliphatic carbocycles. The van der Waals surface area contributed by atoms with Gasteiger partial charge in [-0.25, -0.2) is 0 Å². The van der Waals surface area contributed by atoms with Crippen molar-refractivity contribution in [2.24, 2.45) is 0 Å². The molecule has 2 atom stereocenters. The van der Waals surface area contributed by atoms with Crippen molar-refractivity contribution >= 4 is 42.4 Å². The van der Waals surface area contributed by atoms with Crippen LogP contribution >= 0.6 is 0 Å². The quantitative estimate of drug-likeness (QED) is 0.488. The second kappa shape index (κ2) is 2.95. The zero-order valence-corrected chi connectivity index (χ0v) is 10.2. The van der Waals surface area contributed by atoms with E-state index in [2.05, 4.69) is 25.1 Å². The second-order valence-corrected chi connectivity index (χ2v) is 4.82. The maximum absolute atomic E-state index is 2.26. The number of benzene rings is 1. The summed E-state index contributed by atoms with van der Waals surface area (Å²) in [6.45, 7) is 2.16. The third-order valence-electron chi connectivity index (χ3n) is 1.30. The summed E-state index contributed by atoms with van der Waals surface area (Å²) in [5.74, 6) is 0. The molecule has 1 aromatic carbocycles. The summed E-state index contributed by atoms with van der Waals surface area (Å²) in [5, 5.41) is 0. The Morgan fingerprint density at radius 2 is 1.89 bits per heavy atom. The molecule has 0 spiro atoms. The summed E-state index contributed by atoms with van der Waals surface area (Å²) in [5.41, 5.74) is 1.41. The molecule has 0 N–H and O–H groups in total. The minimum absolute atomic E-state index is 1.41. The zero-order valence-electron chi connectivity index (χ0n) is 5.39. The van der Waals surface area contributed by atoms with Crippen LogP contribution in [0.25, 0.3) is 0 Å². The Bertz CT molecular complexity index is 218. The summed E-state index contributed by atoms with van der Waals surface area (Å²) >= 11 is 3.42. The molecule has 0 saturated heterocycles. The third-order valence-corrected chi connectivity index (χ3v) is 3.36. The normalized spacial score (nSPS) is 9.67. The van der Waals surface area contributed by atoms with Gasteiger partial charge in [0.25, 0.3) is 0 Å². The van der Waals surface area contributed by atoms with Crippen molar-refractivity contribution in [3.05, 3.63) is 23.8 Å². The monoisotopic (exact) mass is 244 g/mol. The van der Waals surface area contributed by atoms with Crippen molar-refractivity contribution in [2.45, 2.75) is 6.92 Å². The first-order valence-corrected chi connectivity index (χ1v) is 5.24. The van der Waals surface area contributed by atoms with E-state index < -0.39 is 0 Å². The third kappa shape index (κ3) is 1.88. The Morgan fingerprint density at radius 3 is 2.33 bits per heavy atom. The Labute approximate surface area is 73.0 Å². The molecule has 0 saturated carbocycles. The van der Waals surface area contributed by atoms with Crippen LogP contribution in [0.2, 0.25) is 0 Å². The van der Waals surface area contributed by atoms with Gasteiger partial charge in [-0.3, -0.25) is 0 Å². The number of rotatable bonds is 0. The zero-order chi connectivity index (χ0) is 6.85. The van der Waals surface area contributed by atoms with E-state index >= 15 is 0 Å². The molecule has 2 heteroatoms. The molecule has 1 rings (SSSR count). The standard InChI is InChI=1S/C7H10As2/c1-5-2-3-6(8)4-7(5)9/h2-4H,8-9H2,1H3. The van der Waals surface area contributed by atoms with Crippen molar-refractivity contribution in [1.29, 1.82) is 0 Å². The van der Waals surface area contributed by atoms with E-state index in [1.54, 1.807) is 33.7 Å². The molecule has 0 amide bonds. The number of hydrogen-bond acceptors (Lipinski definition) is 0. The Kier molecular flexibility index (Phi) is 2.44. The number of aryl methyl sites for hydroxylation is 1. The summed E-state index contributed by atoms with van der Waals surface area (Å²) in [4.78, 5) is 0. The van der Waals surface area contributed by atoms with Crippen LogP contribution in [0.3, 0.4) is 0 Å². The Morgan fingerprint density at radius 1 is 1.22 bits per heavy atom. The van der Waals surface area contributed by atoms with Crippen molar-refractivity contribution in [3.8, 4) is 0 Å². The molecular formula is C7H10As2. The van der Waals surface area contributed by atoms with Gasteiger partial charge in [0, 0.05) is 0 Å². The molecule has 1 aromatic rings. The topological polar surface area (TPSA) is 0 Å². The minimum atomic E-state index is 1.41. The average molecular weight is 244 g/mol. The fourth-order valence-corrected chi connectivity index (χ4v) is 2.69. The molecule has 2 unspecified atom stereocenters. The second-order valence-electron chi connectivity index (χ2n) is 2.12. The van der Waals surface area contributed by atoms with Gasteiger partial charge < -0.3 is 0 Å². The van der Waals surface area contributed by atoms with Crippen molar-refractivity contribution in [1.82, 2.24) is 0 Å². The Hall–Kier alpha value is 0.337. The molecule has 0 fully saturated rings. The fraction of sp³-hybridized carbons (Fsp3) is 0.143. The molecular weight excluding hydrogens is 234 g/mol. The molecule has 48 valence electrons. The summed E-state index contributed by atoms with van der Waals surface area (Å²) < 4.78 is 2.89. The van der Waals surface area contributed by atoms with E-state index in [0.29, 0.717) is 0 Å². The molecule has 9 heavy (non-hydrogen) atoms. The first kappa shape index (κ1) is 7.44. The van der Waals surface area contributed by atoms with Gasteiger partial charge >= 0.3 is 73.1 Å². The van der Waals surface area contributed by atoms with Gasteiger partial charge in [0.05, 0.1) is 0 Å². The first-order valence-electron chi connectivity index (χ1n) is 2.82. The van der Waals surface area contributed by atoms with Gasteiger partial charge in [0.2, 0.25) is 0 Å². The molecule has 0 bridgehead atoms. The van der Waals surface area contributed by atoms with Crippen molar-refractivity contribution < 1.29 is 0 Å². The summed E-state index contributed by atoms with van der Waals surface area (Å²) in [6, 6.07) is 6.63. The van der Waals surface area contributed by atoms with Crippen LogP contribution in [0.15, 0.2) is 18.2 Å². The van der Waals surface area contributed by atoms with Gasteiger partial charge in [-0.2, -0.15) is 0 Å². The first-order chi connectivity index (χ1) is 4.20. The van der Waals surface area contributed by atoms with Crippen LogP contribution in [-0.4, -0.2) is 33.7 Å². The van der Waals surface area contributed by atoms with Gasteiger partial charge in [0.15, 0.2) is 0 Å². The van der Waals surface area contributed by atoms with Crippen LogP contribution in [0.5, 0.6) is 0 Å². The van der Waals surface area contributed by atoms with E-state index in [1.807, 2.05) is 0 Å². The van der Waals surface area contributed by atoms with Crippen LogP contribution in [0, 0.1) is 6.92 Å². The maximum atomic E-state index is 2.26. The van der Waals surface area contributed by atoms with Crippen LogP contribution in [-0.2, 0) is 0 Å². The molecule has 0 aliphatic heterocycles.